The SMILES string of the molecule is CC1CC1C(=O)NCCC(=O)NCC(O)COc1ccc2c(c1)OCO2. The number of amides is 2. The molecule has 0 spiro atoms. The smallest absolute Gasteiger partial charge is 0.231 e. The molecule has 2 aliphatic rings. The van der Waals surface area contributed by atoms with Crippen LogP contribution in [0.15, 0.2) is 18.2 Å². The fourth-order valence-electron chi connectivity index (χ4n) is 2.66. The highest BCUT2D eigenvalue weighted by atomic mass is 16.7. The number of aliphatic hydroxyl groups is 1. The lowest BCUT2D eigenvalue weighted by Crippen LogP contribution is -2.37. The van der Waals surface area contributed by atoms with E-state index in [1.165, 1.54) is 0 Å². The van der Waals surface area contributed by atoms with Crippen molar-refractivity contribution in [2.75, 3.05) is 26.5 Å². The molecule has 2 amide bonds. The van der Waals surface area contributed by atoms with Crippen molar-refractivity contribution in [2.24, 2.45) is 11.8 Å². The number of hydrogen-bond donors (Lipinski definition) is 3. The minimum atomic E-state index is -0.841. The molecular weight excluding hydrogens is 340 g/mol. The van der Waals surface area contributed by atoms with Crippen LogP contribution in [0.1, 0.15) is 19.8 Å². The first-order valence-electron chi connectivity index (χ1n) is 8.78. The maximum Gasteiger partial charge on any atom is 0.231 e. The Kier molecular flexibility index (Phi) is 5.82. The fourth-order valence-corrected chi connectivity index (χ4v) is 2.66. The summed E-state index contributed by atoms with van der Waals surface area (Å²) in [6.07, 6.45) is 0.266. The molecule has 0 saturated heterocycles. The number of fused-ring (bicyclic) bond motifs is 1. The summed E-state index contributed by atoms with van der Waals surface area (Å²) in [5, 5.41) is 15.3. The summed E-state index contributed by atoms with van der Waals surface area (Å²) in [6.45, 7) is 2.64. The molecule has 3 unspecified atom stereocenters. The van der Waals surface area contributed by atoms with Gasteiger partial charge in [-0.25, -0.2) is 0 Å². The highest BCUT2D eigenvalue weighted by molar-refractivity contribution is 5.82. The number of rotatable bonds is 9. The molecule has 8 nitrogen and oxygen atoms in total. The topological polar surface area (TPSA) is 106 Å². The van der Waals surface area contributed by atoms with Crippen LogP contribution in [0.5, 0.6) is 17.2 Å². The van der Waals surface area contributed by atoms with Crippen LogP contribution in [0, 0.1) is 11.8 Å². The van der Waals surface area contributed by atoms with E-state index in [2.05, 4.69) is 10.6 Å². The predicted octanol–water partition coefficient (Wildman–Crippen LogP) is 0.434. The van der Waals surface area contributed by atoms with Gasteiger partial charge in [0.2, 0.25) is 18.6 Å². The first-order chi connectivity index (χ1) is 12.5. The number of ether oxygens (including phenoxy) is 3. The second-order valence-corrected chi connectivity index (χ2v) is 6.64. The molecule has 142 valence electrons. The van der Waals surface area contributed by atoms with E-state index in [0.29, 0.717) is 29.7 Å². The molecule has 3 atom stereocenters. The predicted molar refractivity (Wildman–Crippen MR) is 92.0 cm³/mol. The zero-order valence-corrected chi connectivity index (χ0v) is 14.7. The molecule has 0 bridgehead atoms. The number of benzene rings is 1. The fraction of sp³-hybridized carbons (Fsp3) is 0.556. The second kappa shape index (κ2) is 8.27. The van der Waals surface area contributed by atoms with Crippen LogP contribution in [0.4, 0.5) is 0 Å². The van der Waals surface area contributed by atoms with Gasteiger partial charge >= 0.3 is 0 Å². The molecule has 8 heteroatoms. The Labute approximate surface area is 151 Å². The van der Waals surface area contributed by atoms with Crippen LogP contribution in [0.2, 0.25) is 0 Å². The van der Waals surface area contributed by atoms with Gasteiger partial charge in [-0.3, -0.25) is 9.59 Å². The maximum atomic E-state index is 11.7. The Balaban J connectivity index is 1.28. The number of carbonyl (C=O) groups is 2. The van der Waals surface area contributed by atoms with Gasteiger partial charge in [0.1, 0.15) is 18.5 Å². The van der Waals surface area contributed by atoms with Crippen LogP contribution in [0.25, 0.3) is 0 Å². The van der Waals surface area contributed by atoms with E-state index in [-0.39, 0.29) is 44.1 Å². The molecule has 1 fully saturated rings. The highest BCUT2D eigenvalue weighted by Crippen LogP contribution is 2.37. The van der Waals surface area contributed by atoms with Crippen molar-refractivity contribution in [2.45, 2.75) is 25.9 Å². The minimum Gasteiger partial charge on any atom is -0.491 e. The first kappa shape index (κ1) is 18.3. The third-order valence-electron chi connectivity index (χ3n) is 4.42. The van der Waals surface area contributed by atoms with Crippen molar-refractivity contribution in [3.05, 3.63) is 18.2 Å². The molecule has 0 aromatic heterocycles. The van der Waals surface area contributed by atoms with Crippen molar-refractivity contribution >= 4 is 11.8 Å². The molecule has 3 rings (SSSR count). The summed E-state index contributed by atoms with van der Waals surface area (Å²) in [4.78, 5) is 23.4. The summed E-state index contributed by atoms with van der Waals surface area (Å²) >= 11 is 0. The lowest BCUT2D eigenvalue weighted by molar-refractivity contribution is -0.123. The molecule has 1 aromatic carbocycles. The largest absolute Gasteiger partial charge is 0.491 e. The van der Waals surface area contributed by atoms with Gasteiger partial charge in [0.15, 0.2) is 11.5 Å². The van der Waals surface area contributed by atoms with Crippen LogP contribution in [0.3, 0.4) is 0 Å². The Morgan fingerprint density at radius 2 is 2.08 bits per heavy atom. The van der Waals surface area contributed by atoms with Gasteiger partial charge < -0.3 is 30.0 Å². The van der Waals surface area contributed by atoms with E-state index in [1.807, 2.05) is 6.92 Å². The summed E-state index contributed by atoms with van der Waals surface area (Å²) in [7, 11) is 0. The van der Waals surface area contributed by atoms with Crippen molar-refractivity contribution in [3.8, 4) is 17.2 Å². The molecule has 1 heterocycles. The minimum absolute atomic E-state index is 0.0162. The zero-order chi connectivity index (χ0) is 18.5. The quantitative estimate of drug-likeness (QED) is 0.587. The van der Waals surface area contributed by atoms with E-state index in [1.54, 1.807) is 18.2 Å². The van der Waals surface area contributed by atoms with Gasteiger partial charge in [-0.05, 0) is 24.5 Å². The zero-order valence-electron chi connectivity index (χ0n) is 14.7. The average molecular weight is 364 g/mol. The lowest BCUT2D eigenvalue weighted by atomic mass is 10.3. The monoisotopic (exact) mass is 364 g/mol. The Hall–Kier alpha value is -2.48. The standard InChI is InChI=1S/C18H24N2O6/c1-11-6-14(11)18(23)19-5-4-17(22)20-8-12(21)9-24-13-2-3-15-16(7-13)26-10-25-15/h2-3,7,11-12,14,21H,4-6,8-10H2,1H3,(H,19,23)(H,20,22). The summed E-state index contributed by atoms with van der Waals surface area (Å²) in [5.41, 5.74) is 0. The highest BCUT2D eigenvalue weighted by Gasteiger charge is 2.38. The molecule has 26 heavy (non-hydrogen) atoms. The summed E-state index contributed by atoms with van der Waals surface area (Å²) < 4.78 is 16.0. The van der Waals surface area contributed by atoms with Gasteiger partial charge in [0.05, 0.1) is 0 Å². The van der Waals surface area contributed by atoms with Crippen LogP contribution >= 0.6 is 0 Å². The van der Waals surface area contributed by atoms with E-state index < -0.39 is 6.10 Å². The van der Waals surface area contributed by atoms with E-state index >= 15 is 0 Å². The van der Waals surface area contributed by atoms with Gasteiger partial charge in [0.25, 0.3) is 0 Å². The number of hydrogen-bond acceptors (Lipinski definition) is 6. The van der Waals surface area contributed by atoms with E-state index in [4.69, 9.17) is 14.2 Å². The third kappa shape index (κ3) is 5.01. The van der Waals surface area contributed by atoms with E-state index in [9.17, 15) is 14.7 Å². The molecule has 0 radical (unpaired) electrons. The summed E-state index contributed by atoms with van der Waals surface area (Å²) in [5.74, 6) is 2.16. The van der Waals surface area contributed by atoms with Crippen LogP contribution in [-0.2, 0) is 9.59 Å². The second-order valence-electron chi connectivity index (χ2n) is 6.64. The first-order valence-corrected chi connectivity index (χ1v) is 8.78. The normalized spacial score (nSPS) is 21.0. The Bertz CT molecular complexity index is 665. The number of nitrogens with one attached hydrogen (secondary N) is 2. The van der Waals surface area contributed by atoms with Gasteiger partial charge in [-0.15, -0.1) is 0 Å². The molecular formula is C18H24N2O6. The van der Waals surface area contributed by atoms with Crippen molar-refractivity contribution in [1.29, 1.82) is 0 Å². The van der Waals surface area contributed by atoms with Gasteiger partial charge in [-0.2, -0.15) is 0 Å². The summed E-state index contributed by atoms with van der Waals surface area (Å²) in [6, 6.07) is 5.15. The van der Waals surface area contributed by atoms with E-state index in [0.717, 1.165) is 6.42 Å². The van der Waals surface area contributed by atoms with Crippen molar-refractivity contribution in [1.82, 2.24) is 10.6 Å². The van der Waals surface area contributed by atoms with Crippen LogP contribution < -0.4 is 24.8 Å². The Morgan fingerprint density at radius 1 is 1.31 bits per heavy atom. The molecule has 1 aromatic rings. The average Bonchev–Trinajstić information content (AvgIpc) is 3.18. The van der Waals surface area contributed by atoms with Gasteiger partial charge in [-0.1, -0.05) is 6.92 Å². The molecule has 1 aliphatic heterocycles. The van der Waals surface area contributed by atoms with Crippen LogP contribution in [-0.4, -0.2) is 49.5 Å². The Morgan fingerprint density at radius 3 is 2.85 bits per heavy atom. The van der Waals surface area contributed by atoms with Crippen molar-refractivity contribution in [3.63, 3.8) is 0 Å². The van der Waals surface area contributed by atoms with Gasteiger partial charge in [0, 0.05) is 31.5 Å². The lowest BCUT2D eigenvalue weighted by Gasteiger charge is -2.13. The molecule has 1 saturated carbocycles. The molecule has 1 aliphatic carbocycles. The maximum absolute atomic E-state index is 11.7. The number of aliphatic hydroxyl groups excluding tert-OH is 1. The number of carbonyl (C=O) groups excluding carboxylic acids is 2. The molecule has 3 N–H and O–H groups in total. The third-order valence-corrected chi connectivity index (χ3v) is 4.42. The van der Waals surface area contributed by atoms with Crippen molar-refractivity contribution < 1.29 is 28.9 Å².